The number of hydrogen-bond donors (Lipinski definition) is 0. The van der Waals surface area contributed by atoms with Crippen LogP contribution in [0.4, 0.5) is 11.5 Å². The van der Waals surface area contributed by atoms with Gasteiger partial charge in [-0.1, -0.05) is 17.7 Å². The van der Waals surface area contributed by atoms with Gasteiger partial charge in [0.1, 0.15) is 0 Å². The van der Waals surface area contributed by atoms with Gasteiger partial charge in [-0.15, -0.1) is 10.2 Å². The molecule has 0 aliphatic rings. The molecule has 0 atom stereocenters. The zero-order chi connectivity index (χ0) is 14.2. The van der Waals surface area contributed by atoms with Gasteiger partial charge in [0.25, 0.3) is 0 Å². The van der Waals surface area contributed by atoms with E-state index in [4.69, 9.17) is 11.6 Å². The second-order valence-electron chi connectivity index (χ2n) is 4.97. The van der Waals surface area contributed by atoms with Crippen LogP contribution in [0.1, 0.15) is 22.3 Å². The first-order chi connectivity index (χ1) is 8.90. The Morgan fingerprint density at radius 2 is 1.47 bits per heavy atom. The van der Waals surface area contributed by atoms with E-state index in [1.807, 2.05) is 25.8 Å². The third-order valence-electron chi connectivity index (χ3n) is 3.35. The third kappa shape index (κ3) is 2.71. The Hall–Kier alpha value is -1.61. The van der Waals surface area contributed by atoms with E-state index in [0.717, 1.165) is 22.6 Å². The van der Waals surface area contributed by atoms with Crippen LogP contribution in [0.15, 0.2) is 18.2 Å². The van der Waals surface area contributed by atoms with Crippen molar-refractivity contribution >= 4 is 23.1 Å². The van der Waals surface area contributed by atoms with E-state index in [0.29, 0.717) is 5.15 Å². The van der Waals surface area contributed by atoms with Gasteiger partial charge in [0.2, 0.25) is 0 Å². The van der Waals surface area contributed by atoms with Crippen LogP contribution in [-0.4, -0.2) is 17.2 Å². The number of nitrogens with zero attached hydrogens (tertiary/aromatic N) is 3. The molecule has 0 N–H and O–H groups in total. The molecule has 0 bridgehead atoms. The number of anilines is 2. The standard InChI is InChI=1S/C15H18ClN3/c1-9-6-10(2)8-13(7-9)19(5)15-12(4)11(3)14(16)17-18-15/h6-8H,1-5H3. The SMILES string of the molecule is Cc1cc(C)cc(N(C)c2nnc(Cl)c(C)c2C)c1. The number of benzene rings is 1. The summed E-state index contributed by atoms with van der Waals surface area (Å²) in [7, 11) is 2.00. The number of aryl methyl sites for hydroxylation is 2. The molecule has 0 aliphatic heterocycles. The molecule has 2 rings (SSSR count). The van der Waals surface area contributed by atoms with E-state index in [2.05, 4.69) is 42.2 Å². The number of aromatic nitrogens is 2. The molecule has 0 fully saturated rings. The second kappa shape index (κ2) is 5.17. The second-order valence-corrected chi connectivity index (χ2v) is 5.33. The van der Waals surface area contributed by atoms with Gasteiger partial charge in [-0.25, -0.2) is 0 Å². The van der Waals surface area contributed by atoms with E-state index in [1.165, 1.54) is 11.1 Å². The van der Waals surface area contributed by atoms with E-state index >= 15 is 0 Å². The van der Waals surface area contributed by atoms with E-state index in [9.17, 15) is 0 Å². The van der Waals surface area contributed by atoms with Crippen LogP contribution in [0, 0.1) is 27.7 Å². The topological polar surface area (TPSA) is 29.0 Å². The molecular weight excluding hydrogens is 258 g/mol. The van der Waals surface area contributed by atoms with Crippen LogP contribution in [0.25, 0.3) is 0 Å². The van der Waals surface area contributed by atoms with Crippen molar-refractivity contribution in [2.45, 2.75) is 27.7 Å². The monoisotopic (exact) mass is 275 g/mol. The summed E-state index contributed by atoms with van der Waals surface area (Å²) < 4.78 is 0. The maximum Gasteiger partial charge on any atom is 0.158 e. The summed E-state index contributed by atoms with van der Waals surface area (Å²) in [6, 6.07) is 6.43. The number of hydrogen-bond acceptors (Lipinski definition) is 3. The molecule has 19 heavy (non-hydrogen) atoms. The van der Waals surface area contributed by atoms with Gasteiger partial charge < -0.3 is 4.90 Å². The summed E-state index contributed by atoms with van der Waals surface area (Å²) in [6.45, 7) is 8.17. The fourth-order valence-electron chi connectivity index (χ4n) is 2.15. The summed E-state index contributed by atoms with van der Waals surface area (Å²) in [6.07, 6.45) is 0. The highest BCUT2D eigenvalue weighted by Crippen LogP contribution is 2.29. The maximum atomic E-state index is 5.99. The van der Waals surface area contributed by atoms with Crippen molar-refractivity contribution < 1.29 is 0 Å². The molecule has 4 heteroatoms. The first-order valence-corrected chi connectivity index (χ1v) is 6.59. The molecule has 0 amide bonds. The Morgan fingerprint density at radius 3 is 2.05 bits per heavy atom. The average Bonchev–Trinajstić information content (AvgIpc) is 2.34. The summed E-state index contributed by atoms with van der Waals surface area (Å²) in [5, 5.41) is 8.69. The Morgan fingerprint density at radius 1 is 0.895 bits per heavy atom. The predicted octanol–water partition coefficient (Wildman–Crippen LogP) is 4.13. The lowest BCUT2D eigenvalue weighted by Gasteiger charge is -2.21. The quantitative estimate of drug-likeness (QED) is 0.825. The summed E-state index contributed by atoms with van der Waals surface area (Å²) in [4.78, 5) is 2.05. The Kier molecular flexibility index (Phi) is 3.76. The number of halogens is 1. The smallest absolute Gasteiger partial charge is 0.158 e. The van der Waals surface area contributed by atoms with Crippen LogP contribution in [0.3, 0.4) is 0 Å². The van der Waals surface area contributed by atoms with Gasteiger partial charge in [-0.05, 0) is 62.1 Å². The molecule has 100 valence electrons. The van der Waals surface area contributed by atoms with Crippen LogP contribution < -0.4 is 4.90 Å². The van der Waals surface area contributed by atoms with Gasteiger partial charge in [-0.2, -0.15) is 0 Å². The molecule has 1 aromatic heterocycles. The van der Waals surface area contributed by atoms with Crippen molar-refractivity contribution in [2.24, 2.45) is 0 Å². The maximum absolute atomic E-state index is 5.99. The van der Waals surface area contributed by atoms with Crippen molar-refractivity contribution in [2.75, 3.05) is 11.9 Å². The molecule has 0 unspecified atom stereocenters. The van der Waals surface area contributed by atoms with Crippen LogP contribution >= 0.6 is 11.6 Å². The minimum atomic E-state index is 0.468. The van der Waals surface area contributed by atoms with E-state index in [-0.39, 0.29) is 0 Å². The van der Waals surface area contributed by atoms with E-state index in [1.54, 1.807) is 0 Å². The first-order valence-electron chi connectivity index (χ1n) is 6.21. The van der Waals surface area contributed by atoms with Crippen LogP contribution in [-0.2, 0) is 0 Å². The minimum absolute atomic E-state index is 0.468. The highest BCUT2D eigenvalue weighted by Gasteiger charge is 2.13. The summed E-state index contributed by atoms with van der Waals surface area (Å²) in [5.41, 5.74) is 5.61. The van der Waals surface area contributed by atoms with Crippen molar-refractivity contribution in [1.82, 2.24) is 10.2 Å². The summed E-state index contributed by atoms with van der Waals surface area (Å²) in [5.74, 6) is 0.840. The van der Waals surface area contributed by atoms with Crippen LogP contribution in [0.5, 0.6) is 0 Å². The lowest BCUT2D eigenvalue weighted by atomic mass is 10.1. The fraction of sp³-hybridized carbons (Fsp3) is 0.333. The predicted molar refractivity (Wildman–Crippen MR) is 80.5 cm³/mol. The first kappa shape index (κ1) is 13.8. The van der Waals surface area contributed by atoms with Crippen molar-refractivity contribution in [1.29, 1.82) is 0 Å². The molecule has 1 aromatic carbocycles. The molecule has 0 aliphatic carbocycles. The zero-order valence-corrected chi connectivity index (χ0v) is 12.7. The Balaban J connectivity index is 2.50. The Bertz CT molecular complexity index is 603. The number of rotatable bonds is 2. The highest BCUT2D eigenvalue weighted by molar-refractivity contribution is 6.30. The van der Waals surface area contributed by atoms with Gasteiger partial charge in [0.15, 0.2) is 11.0 Å². The van der Waals surface area contributed by atoms with Gasteiger partial charge in [0.05, 0.1) is 0 Å². The summed E-state index contributed by atoms with van der Waals surface area (Å²) >= 11 is 5.99. The third-order valence-corrected chi connectivity index (χ3v) is 3.71. The Labute approximate surface area is 119 Å². The van der Waals surface area contributed by atoms with Gasteiger partial charge >= 0.3 is 0 Å². The fourth-order valence-corrected chi connectivity index (χ4v) is 2.33. The molecule has 2 aromatic rings. The highest BCUT2D eigenvalue weighted by atomic mass is 35.5. The molecular formula is C15H18ClN3. The molecule has 0 radical (unpaired) electrons. The van der Waals surface area contributed by atoms with Crippen LogP contribution in [0.2, 0.25) is 5.15 Å². The normalized spacial score (nSPS) is 10.6. The van der Waals surface area contributed by atoms with Crippen molar-refractivity contribution in [3.05, 3.63) is 45.6 Å². The van der Waals surface area contributed by atoms with Crippen molar-refractivity contribution in [3.63, 3.8) is 0 Å². The zero-order valence-electron chi connectivity index (χ0n) is 12.0. The average molecular weight is 276 g/mol. The molecule has 1 heterocycles. The van der Waals surface area contributed by atoms with Crippen molar-refractivity contribution in [3.8, 4) is 0 Å². The van der Waals surface area contributed by atoms with E-state index < -0.39 is 0 Å². The largest absolute Gasteiger partial charge is 0.328 e. The van der Waals surface area contributed by atoms with Gasteiger partial charge in [-0.3, -0.25) is 0 Å². The molecule has 3 nitrogen and oxygen atoms in total. The molecule has 0 saturated heterocycles. The lowest BCUT2D eigenvalue weighted by Crippen LogP contribution is -2.14. The lowest BCUT2D eigenvalue weighted by molar-refractivity contribution is 0.957. The molecule has 0 spiro atoms. The van der Waals surface area contributed by atoms with Gasteiger partial charge in [0, 0.05) is 12.7 Å². The molecule has 0 saturated carbocycles. The minimum Gasteiger partial charge on any atom is -0.328 e.